The van der Waals surface area contributed by atoms with Crippen molar-refractivity contribution in [2.24, 2.45) is 11.3 Å². The van der Waals surface area contributed by atoms with Crippen LogP contribution in [0.1, 0.15) is 70.1 Å². The second kappa shape index (κ2) is 10.9. The first kappa shape index (κ1) is 25.5. The van der Waals surface area contributed by atoms with Crippen LogP contribution in [-0.2, 0) is 17.6 Å². The van der Waals surface area contributed by atoms with Gasteiger partial charge in [-0.1, -0.05) is 58.4 Å². The molecule has 0 saturated carbocycles. The Balaban J connectivity index is 1.72. The summed E-state index contributed by atoms with van der Waals surface area (Å²) in [6, 6.07) is 8.01. The number of hydrogen-bond acceptors (Lipinski definition) is 4. The highest BCUT2D eigenvalue weighted by atomic mass is 35.5. The maximum absolute atomic E-state index is 12.9. The van der Waals surface area contributed by atoms with Gasteiger partial charge < -0.3 is 9.80 Å². The molecular formula is C27H39ClN4O. The maximum Gasteiger partial charge on any atom is 0.222 e. The minimum absolute atomic E-state index is 0.251. The Morgan fingerprint density at radius 3 is 2.30 bits per heavy atom. The molecule has 5 nitrogen and oxygen atoms in total. The summed E-state index contributed by atoms with van der Waals surface area (Å²) in [5, 5.41) is 0.743. The van der Waals surface area contributed by atoms with E-state index in [1.165, 1.54) is 11.1 Å². The smallest absolute Gasteiger partial charge is 0.222 e. The van der Waals surface area contributed by atoms with E-state index in [2.05, 4.69) is 51.7 Å². The van der Waals surface area contributed by atoms with Gasteiger partial charge in [-0.2, -0.15) is 0 Å². The normalized spacial score (nSPS) is 15.6. The molecule has 2 aromatic rings. The van der Waals surface area contributed by atoms with E-state index < -0.39 is 0 Å². The average molecular weight is 471 g/mol. The summed E-state index contributed by atoms with van der Waals surface area (Å²) in [5.74, 6) is 2.50. The minimum Gasteiger partial charge on any atom is -0.353 e. The molecule has 1 aliphatic rings. The molecule has 33 heavy (non-hydrogen) atoms. The summed E-state index contributed by atoms with van der Waals surface area (Å²) in [7, 11) is 0. The number of rotatable bonds is 7. The van der Waals surface area contributed by atoms with Crippen LogP contribution in [0.4, 0.5) is 5.82 Å². The Kier molecular flexibility index (Phi) is 8.38. The molecule has 1 amide bonds. The topological polar surface area (TPSA) is 49.3 Å². The van der Waals surface area contributed by atoms with E-state index >= 15 is 0 Å². The van der Waals surface area contributed by atoms with Crippen LogP contribution in [0.25, 0.3) is 0 Å². The molecule has 180 valence electrons. The predicted octanol–water partition coefficient (Wildman–Crippen LogP) is 5.70. The Morgan fingerprint density at radius 1 is 1.09 bits per heavy atom. The average Bonchev–Trinajstić information content (AvgIpc) is 2.74. The number of carbonyl (C=O) groups excluding carboxylic acids is 1. The molecule has 2 heterocycles. The number of nitrogens with zero attached hydrogens (tertiary/aromatic N) is 4. The van der Waals surface area contributed by atoms with Crippen LogP contribution in [-0.4, -0.2) is 47.0 Å². The molecule has 0 bridgehead atoms. The van der Waals surface area contributed by atoms with E-state index in [4.69, 9.17) is 21.6 Å². The van der Waals surface area contributed by atoms with Crippen LogP contribution in [0.2, 0.25) is 5.02 Å². The first-order valence-corrected chi connectivity index (χ1v) is 12.6. The predicted molar refractivity (Wildman–Crippen MR) is 137 cm³/mol. The summed E-state index contributed by atoms with van der Waals surface area (Å²) in [6.45, 7) is 16.1. The monoisotopic (exact) mass is 470 g/mol. The van der Waals surface area contributed by atoms with Gasteiger partial charge in [-0.15, -0.1) is 0 Å². The Labute approximate surface area is 204 Å². The molecular weight excluding hydrogens is 432 g/mol. The molecule has 1 aliphatic heterocycles. The number of amides is 1. The third-order valence-corrected chi connectivity index (χ3v) is 6.48. The lowest BCUT2D eigenvalue weighted by molar-refractivity contribution is -0.132. The molecule has 1 aromatic carbocycles. The highest BCUT2D eigenvalue weighted by Crippen LogP contribution is 2.28. The van der Waals surface area contributed by atoms with E-state index in [-0.39, 0.29) is 11.3 Å². The fourth-order valence-electron chi connectivity index (χ4n) is 4.89. The van der Waals surface area contributed by atoms with Crippen LogP contribution in [0.15, 0.2) is 24.3 Å². The van der Waals surface area contributed by atoms with Crippen molar-refractivity contribution < 1.29 is 4.79 Å². The van der Waals surface area contributed by atoms with Gasteiger partial charge in [-0.05, 0) is 48.8 Å². The van der Waals surface area contributed by atoms with Crippen LogP contribution in [0, 0.1) is 18.3 Å². The van der Waals surface area contributed by atoms with Crippen molar-refractivity contribution in [3.8, 4) is 0 Å². The fourth-order valence-corrected chi connectivity index (χ4v) is 5.02. The van der Waals surface area contributed by atoms with Crippen molar-refractivity contribution in [1.82, 2.24) is 14.9 Å². The van der Waals surface area contributed by atoms with E-state index in [9.17, 15) is 4.79 Å². The zero-order chi connectivity index (χ0) is 24.2. The van der Waals surface area contributed by atoms with Crippen LogP contribution in [0.3, 0.4) is 0 Å². The van der Waals surface area contributed by atoms with Gasteiger partial charge in [0.1, 0.15) is 11.6 Å². The highest BCUT2D eigenvalue weighted by Gasteiger charge is 2.26. The summed E-state index contributed by atoms with van der Waals surface area (Å²) < 4.78 is 0. The van der Waals surface area contributed by atoms with Crippen LogP contribution >= 0.6 is 11.6 Å². The van der Waals surface area contributed by atoms with Crippen LogP contribution in [0.5, 0.6) is 0 Å². The number of carbonyl (C=O) groups is 1. The van der Waals surface area contributed by atoms with Gasteiger partial charge >= 0.3 is 0 Å². The van der Waals surface area contributed by atoms with Gasteiger partial charge in [-0.3, -0.25) is 4.79 Å². The summed E-state index contributed by atoms with van der Waals surface area (Å²) in [6.07, 6.45) is 3.33. The van der Waals surface area contributed by atoms with E-state index in [0.717, 1.165) is 67.8 Å². The Hall–Kier alpha value is -2.14. The summed E-state index contributed by atoms with van der Waals surface area (Å²) in [5.41, 5.74) is 3.73. The standard InChI is InChI=1S/C27H39ClN4O/c1-7-24-23(17-21-8-10-22(28)11-9-21)26(30-20(3)29-24)32-14-12-31(13-15-32)25(33)16-19(2)18-27(4,5)6/h8-11,19H,7,12-18H2,1-6H3. The third kappa shape index (κ3) is 7.17. The molecule has 0 radical (unpaired) electrons. The van der Waals surface area contributed by atoms with Gasteiger partial charge in [0.2, 0.25) is 5.91 Å². The number of piperazine rings is 1. The lowest BCUT2D eigenvalue weighted by Crippen LogP contribution is -2.49. The zero-order valence-corrected chi connectivity index (χ0v) is 21.9. The number of aryl methyl sites for hydroxylation is 2. The zero-order valence-electron chi connectivity index (χ0n) is 21.1. The van der Waals surface area contributed by atoms with Gasteiger partial charge in [-0.25, -0.2) is 9.97 Å². The molecule has 6 heteroatoms. The molecule has 0 N–H and O–H groups in total. The van der Waals surface area contributed by atoms with Crippen molar-refractivity contribution in [1.29, 1.82) is 0 Å². The number of anilines is 1. The molecule has 1 aromatic heterocycles. The van der Waals surface area contributed by atoms with Gasteiger partial charge in [0, 0.05) is 55.3 Å². The molecule has 1 saturated heterocycles. The summed E-state index contributed by atoms with van der Waals surface area (Å²) in [4.78, 5) is 26.9. The number of aromatic nitrogens is 2. The van der Waals surface area contributed by atoms with E-state index in [0.29, 0.717) is 12.3 Å². The molecule has 0 aliphatic carbocycles. The van der Waals surface area contributed by atoms with Crippen LogP contribution < -0.4 is 4.90 Å². The largest absolute Gasteiger partial charge is 0.353 e. The SMILES string of the molecule is CCc1nc(C)nc(N2CCN(C(=O)CC(C)CC(C)(C)C)CC2)c1Cc1ccc(Cl)cc1. The first-order valence-electron chi connectivity index (χ1n) is 12.2. The van der Waals surface area contributed by atoms with Gasteiger partial charge in [0.25, 0.3) is 0 Å². The van der Waals surface area contributed by atoms with E-state index in [1.54, 1.807) is 0 Å². The molecule has 1 unspecified atom stereocenters. The number of hydrogen-bond donors (Lipinski definition) is 0. The number of halogens is 1. The van der Waals surface area contributed by atoms with Gasteiger partial charge in [0.15, 0.2) is 0 Å². The Morgan fingerprint density at radius 2 is 1.73 bits per heavy atom. The van der Waals surface area contributed by atoms with E-state index in [1.807, 2.05) is 24.0 Å². The first-order chi connectivity index (χ1) is 15.6. The molecule has 3 rings (SSSR count). The van der Waals surface area contributed by atoms with Crippen molar-refractivity contribution in [3.63, 3.8) is 0 Å². The molecule has 1 fully saturated rings. The minimum atomic E-state index is 0.251. The summed E-state index contributed by atoms with van der Waals surface area (Å²) >= 11 is 6.08. The maximum atomic E-state index is 12.9. The molecule has 1 atom stereocenters. The van der Waals surface area contributed by atoms with Crippen molar-refractivity contribution in [2.45, 2.75) is 67.2 Å². The second-order valence-corrected chi connectivity index (χ2v) is 11.1. The Bertz CT molecular complexity index is 944. The second-order valence-electron chi connectivity index (χ2n) is 10.6. The van der Waals surface area contributed by atoms with Crippen molar-refractivity contribution in [3.05, 3.63) is 51.9 Å². The van der Waals surface area contributed by atoms with Gasteiger partial charge in [0.05, 0.1) is 0 Å². The van der Waals surface area contributed by atoms with Crippen molar-refractivity contribution in [2.75, 3.05) is 31.1 Å². The van der Waals surface area contributed by atoms with Crippen molar-refractivity contribution >= 4 is 23.3 Å². The lowest BCUT2D eigenvalue weighted by atomic mass is 9.84. The molecule has 0 spiro atoms. The highest BCUT2D eigenvalue weighted by molar-refractivity contribution is 6.30. The number of benzene rings is 1. The fraction of sp³-hybridized carbons (Fsp3) is 0.593. The third-order valence-electron chi connectivity index (χ3n) is 6.23. The lowest BCUT2D eigenvalue weighted by Gasteiger charge is -2.37. The quantitative estimate of drug-likeness (QED) is 0.520.